The number of benzene rings is 1. The van der Waals surface area contributed by atoms with Crippen molar-refractivity contribution in [2.45, 2.75) is 32.4 Å². The Kier molecular flexibility index (Phi) is 6.17. The van der Waals surface area contributed by atoms with E-state index in [9.17, 15) is 4.79 Å². The summed E-state index contributed by atoms with van der Waals surface area (Å²) >= 11 is 0. The van der Waals surface area contributed by atoms with E-state index < -0.39 is 0 Å². The number of hydrogen-bond donors (Lipinski definition) is 2. The van der Waals surface area contributed by atoms with E-state index in [1.54, 1.807) is 4.68 Å². The minimum absolute atomic E-state index is 0.0977. The molecule has 1 aliphatic heterocycles. The third kappa shape index (κ3) is 5.01. The van der Waals surface area contributed by atoms with Gasteiger partial charge in [0.1, 0.15) is 0 Å². The highest BCUT2D eigenvalue weighted by atomic mass is 16.2. The molecule has 1 aliphatic rings. The lowest BCUT2D eigenvalue weighted by Gasteiger charge is -2.18. The van der Waals surface area contributed by atoms with Gasteiger partial charge in [-0.1, -0.05) is 37.3 Å². The zero-order chi connectivity index (χ0) is 18.4. The molecule has 1 saturated heterocycles. The van der Waals surface area contributed by atoms with Crippen LogP contribution in [-0.4, -0.2) is 56.8 Å². The molecule has 1 fully saturated rings. The van der Waals surface area contributed by atoms with Crippen LogP contribution >= 0.6 is 0 Å². The van der Waals surface area contributed by atoms with Crippen molar-refractivity contribution >= 4 is 6.03 Å². The highest BCUT2D eigenvalue weighted by molar-refractivity contribution is 5.74. The van der Waals surface area contributed by atoms with Gasteiger partial charge in [0.2, 0.25) is 0 Å². The molecule has 3 rings (SSSR count). The number of aryl methyl sites for hydroxylation is 2. The van der Waals surface area contributed by atoms with Crippen LogP contribution in [0.4, 0.5) is 4.79 Å². The molecular weight excluding hydrogens is 330 g/mol. The summed E-state index contributed by atoms with van der Waals surface area (Å²) in [5.41, 5.74) is 1.31. The van der Waals surface area contributed by atoms with Crippen molar-refractivity contribution < 1.29 is 4.79 Å². The first-order chi connectivity index (χ1) is 12.6. The Hall–Kier alpha value is -2.48. The molecule has 2 atom stereocenters. The fourth-order valence-corrected chi connectivity index (χ4v) is 3.35. The SMILES string of the molecule is CC1CN(Cc2ccccc2)CC1NC(=O)NCCCc1nnnn1C. The molecule has 2 unspecified atom stereocenters. The van der Waals surface area contributed by atoms with E-state index in [4.69, 9.17) is 0 Å². The van der Waals surface area contributed by atoms with Gasteiger partial charge >= 0.3 is 6.03 Å². The average molecular weight is 357 g/mol. The van der Waals surface area contributed by atoms with E-state index in [1.165, 1.54) is 5.56 Å². The lowest BCUT2D eigenvalue weighted by molar-refractivity contribution is 0.234. The quantitative estimate of drug-likeness (QED) is 0.721. The number of likely N-dealkylation sites (tertiary alicyclic amines) is 1. The number of tetrazole rings is 1. The van der Waals surface area contributed by atoms with Crippen LogP contribution in [0.15, 0.2) is 30.3 Å². The molecule has 0 bridgehead atoms. The first kappa shape index (κ1) is 18.3. The molecule has 0 spiro atoms. The second kappa shape index (κ2) is 8.75. The monoisotopic (exact) mass is 357 g/mol. The van der Waals surface area contributed by atoms with Crippen molar-refractivity contribution in [1.82, 2.24) is 35.7 Å². The first-order valence-electron chi connectivity index (χ1n) is 9.13. The second-order valence-electron chi connectivity index (χ2n) is 6.99. The highest BCUT2D eigenvalue weighted by Gasteiger charge is 2.30. The number of carbonyl (C=O) groups is 1. The zero-order valence-corrected chi connectivity index (χ0v) is 15.4. The number of nitrogens with one attached hydrogen (secondary N) is 2. The Bertz CT molecular complexity index is 703. The van der Waals surface area contributed by atoms with Gasteiger partial charge in [0.25, 0.3) is 0 Å². The third-order valence-corrected chi connectivity index (χ3v) is 4.82. The molecular formula is C18H27N7O. The Morgan fingerprint density at radius 3 is 2.81 bits per heavy atom. The van der Waals surface area contributed by atoms with E-state index in [2.05, 4.69) is 62.2 Å². The van der Waals surface area contributed by atoms with Crippen LogP contribution in [0.25, 0.3) is 0 Å². The maximum absolute atomic E-state index is 12.2. The number of nitrogens with zero attached hydrogens (tertiary/aromatic N) is 5. The minimum atomic E-state index is -0.0977. The maximum Gasteiger partial charge on any atom is 0.315 e. The topological polar surface area (TPSA) is 88.0 Å². The molecule has 8 heteroatoms. The van der Waals surface area contributed by atoms with Gasteiger partial charge in [-0.25, -0.2) is 9.48 Å². The van der Waals surface area contributed by atoms with Gasteiger partial charge in [-0.05, 0) is 28.3 Å². The summed E-state index contributed by atoms with van der Waals surface area (Å²) in [5, 5.41) is 17.4. The van der Waals surface area contributed by atoms with Gasteiger partial charge in [-0.15, -0.1) is 5.10 Å². The number of aromatic nitrogens is 4. The van der Waals surface area contributed by atoms with Crippen molar-refractivity contribution in [2.75, 3.05) is 19.6 Å². The number of amides is 2. The Morgan fingerprint density at radius 1 is 1.27 bits per heavy atom. The summed E-state index contributed by atoms with van der Waals surface area (Å²) in [6, 6.07) is 10.5. The summed E-state index contributed by atoms with van der Waals surface area (Å²) in [4.78, 5) is 14.5. The Morgan fingerprint density at radius 2 is 2.08 bits per heavy atom. The average Bonchev–Trinajstić information content (AvgIpc) is 3.18. The van der Waals surface area contributed by atoms with Crippen molar-refractivity contribution in [1.29, 1.82) is 0 Å². The molecule has 2 aromatic rings. The van der Waals surface area contributed by atoms with Crippen molar-refractivity contribution in [3.05, 3.63) is 41.7 Å². The number of carbonyl (C=O) groups excluding carboxylic acids is 1. The summed E-state index contributed by atoms with van der Waals surface area (Å²) in [6.45, 7) is 5.61. The predicted octanol–water partition coefficient (Wildman–Crippen LogP) is 0.962. The minimum Gasteiger partial charge on any atom is -0.338 e. The molecule has 0 radical (unpaired) electrons. The molecule has 26 heavy (non-hydrogen) atoms. The van der Waals surface area contributed by atoms with Crippen LogP contribution in [-0.2, 0) is 20.0 Å². The molecule has 140 valence electrons. The lowest BCUT2D eigenvalue weighted by Crippen LogP contribution is -2.45. The van der Waals surface area contributed by atoms with E-state index >= 15 is 0 Å². The summed E-state index contributed by atoms with van der Waals surface area (Å²) < 4.78 is 1.65. The van der Waals surface area contributed by atoms with Crippen molar-refractivity contribution in [2.24, 2.45) is 13.0 Å². The lowest BCUT2D eigenvalue weighted by atomic mass is 10.1. The molecule has 1 aromatic carbocycles. The third-order valence-electron chi connectivity index (χ3n) is 4.82. The molecule has 0 saturated carbocycles. The standard InChI is InChI=1S/C18H27N7O/c1-14-11-25(12-15-7-4-3-5-8-15)13-16(14)20-18(26)19-10-6-9-17-21-22-23-24(17)2/h3-5,7-8,14,16H,6,9-13H2,1-2H3,(H2,19,20,26). The van der Waals surface area contributed by atoms with Gasteiger partial charge in [-0.3, -0.25) is 4.90 Å². The van der Waals surface area contributed by atoms with Crippen LogP contribution in [0.2, 0.25) is 0 Å². The summed E-state index contributed by atoms with van der Waals surface area (Å²) in [5.74, 6) is 1.27. The smallest absolute Gasteiger partial charge is 0.315 e. The summed E-state index contributed by atoms with van der Waals surface area (Å²) in [6.07, 6.45) is 1.55. The van der Waals surface area contributed by atoms with Crippen molar-refractivity contribution in [3.8, 4) is 0 Å². The van der Waals surface area contributed by atoms with Gasteiger partial charge in [0.05, 0.1) is 0 Å². The van der Waals surface area contributed by atoms with Crippen LogP contribution in [0.1, 0.15) is 24.7 Å². The van der Waals surface area contributed by atoms with Crippen LogP contribution in [0, 0.1) is 5.92 Å². The van der Waals surface area contributed by atoms with Crippen molar-refractivity contribution in [3.63, 3.8) is 0 Å². The van der Waals surface area contributed by atoms with E-state index in [0.717, 1.165) is 38.3 Å². The van der Waals surface area contributed by atoms with Gasteiger partial charge in [-0.2, -0.15) is 0 Å². The number of hydrogen-bond acceptors (Lipinski definition) is 5. The largest absolute Gasteiger partial charge is 0.338 e. The molecule has 2 N–H and O–H groups in total. The van der Waals surface area contributed by atoms with Crippen LogP contribution < -0.4 is 10.6 Å². The normalized spacial score (nSPS) is 20.2. The van der Waals surface area contributed by atoms with Gasteiger partial charge in [0, 0.05) is 45.7 Å². The molecule has 2 amide bonds. The fraction of sp³-hybridized carbons (Fsp3) is 0.556. The summed E-state index contributed by atoms with van der Waals surface area (Å²) in [7, 11) is 1.82. The van der Waals surface area contributed by atoms with Crippen LogP contribution in [0.5, 0.6) is 0 Å². The first-order valence-corrected chi connectivity index (χ1v) is 9.13. The predicted molar refractivity (Wildman–Crippen MR) is 98.3 cm³/mol. The highest BCUT2D eigenvalue weighted by Crippen LogP contribution is 2.18. The second-order valence-corrected chi connectivity index (χ2v) is 6.99. The Labute approximate surface area is 154 Å². The van der Waals surface area contributed by atoms with Gasteiger partial charge in [0.15, 0.2) is 5.82 Å². The van der Waals surface area contributed by atoms with Crippen LogP contribution in [0.3, 0.4) is 0 Å². The zero-order valence-electron chi connectivity index (χ0n) is 15.4. The van der Waals surface area contributed by atoms with E-state index in [0.29, 0.717) is 12.5 Å². The molecule has 2 heterocycles. The molecule has 0 aliphatic carbocycles. The number of rotatable bonds is 7. The maximum atomic E-state index is 12.2. The number of urea groups is 1. The Balaban J connectivity index is 1.36. The fourth-order valence-electron chi connectivity index (χ4n) is 3.35. The van der Waals surface area contributed by atoms with Gasteiger partial charge < -0.3 is 10.6 Å². The molecule has 8 nitrogen and oxygen atoms in total. The van der Waals surface area contributed by atoms with E-state index in [1.807, 2.05) is 13.1 Å². The molecule has 1 aromatic heterocycles. The van der Waals surface area contributed by atoms with E-state index in [-0.39, 0.29) is 12.1 Å².